The number of aliphatic hydroxyl groups excluding tert-OH is 1. The van der Waals surface area contributed by atoms with E-state index in [9.17, 15) is 5.11 Å². The van der Waals surface area contributed by atoms with E-state index in [2.05, 4.69) is 34.4 Å². The van der Waals surface area contributed by atoms with Crippen LogP contribution in [0.3, 0.4) is 0 Å². The monoisotopic (exact) mass is 378 g/mol. The molecule has 1 aromatic rings. The molecule has 0 aliphatic rings. The summed E-state index contributed by atoms with van der Waals surface area (Å²) in [6.07, 6.45) is 0.663. The van der Waals surface area contributed by atoms with E-state index >= 15 is 0 Å². The number of guanidine groups is 1. The van der Waals surface area contributed by atoms with Crippen LogP contribution in [0.15, 0.2) is 29.3 Å². The maximum Gasteiger partial charge on any atom is 0.191 e. The third kappa shape index (κ3) is 9.63. The standard InChI is InChI=1S/C21H38N4O2/c1-6-14-25(8-3)15-13-23-21(22-7-2)24-16-20(26)18-9-11-19(12-10-18)27-17(4)5/h9-12,17,20,26H,6-8,13-16H2,1-5H3,(H2,22,23,24). The number of aliphatic hydroxyl groups is 1. The molecule has 0 aliphatic carbocycles. The van der Waals surface area contributed by atoms with Crippen molar-refractivity contribution in [1.82, 2.24) is 15.5 Å². The van der Waals surface area contributed by atoms with E-state index in [1.807, 2.05) is 45.0 Å². The van der Waals surface area contributed by atoms with E-state index in [0.29, 0.717) is 6.54 Å². The average Bonchev–Trinajstić information content (AvgIpc) is 2.65. The zero-order valence-electron chi connectivity index (χ0n) is 17.7. The molecule has 0 amide bonds. The Bertz CT molecular complexity index is 531. The summed E-state index contributed by atoms with van der Waals surface area (Å²) in [4.78, 5) is 6.93. The minimum absolute atomic E-state index is 0.139. The molecule has 1 unspecified atom stereocenters. The molecule has 0 radical (unpaired) electrons. The number of hydrogen-bond donors (Lipinski definition) is 3. The van der Waals surface area contributed by atoms with E-state index in [1.165, 1.54) is 0 Å². The number of nitrogens with zero attached hydrogens (tertiary/aromatic N) is 2. The molecule has 0 spiro atoms. The SMILES string of the molecule is CCCN(CC)CCNC(=NCC(O)c1ccc(OC(C)C)cc1)NCC. The molecule has 0 saturated heterocycles. The van der Waals surface area contributed by atoms with E-state index < -0.39 is 6.10 Å². The summed E-state index contributed by atoms with van der Waals surface area (Å²) >= 11 is 0. The third-order valence-electron chi connectivity index (χ3n) is 4.11. The fraction of sp³-hybridized carbons (Fsp3) is 0.667. The molecule has 0 fully saturated rings. The second kappa shape index (κ2) is 13.4. The van der Waals surface area contributed by atoms with Gasteiger partial charge in [-0.1, -0.05) is 26.0 Å². The van der Waals surface area contributed by atoms with Gasteiger partial charge in [0.25, 0.3) is 0 Å². The predicted octanol–water partition coefficient (Wildman–Crippen LogP) is 2.79. The first-order valence-corrected chi connectivity index (χ1v) is 10.2. The minimum atomic E-state index is -0.638. The Morgan fingerprint density at radius 2 is 1.81 bits per heavy atom. The highest BCUT2D eigenvalue weighted by Crippen LogP contribution is 2.19. The molecule has 0 bridgehead atoms. The Hall–Kier alpha value is -1.79. The number of rotatable bonds is 12. The normalized spacial score (nSPS) is 13.1. The van der Waals surface area contributed by atoms with Crippen LogP contribution in [0.1, 0.15) is 52.7 Å². The van der Waals surface area contributed by atoms with Crippen LogP contribution in [0.25, 0.3) is 0 Å². The second-order valence-corrected chi connectivity index (χ2v) is 6.83. The van der Waals surface area contributed by atoms with Crippen LogP contribution in [-0.4, -0.2) is 61.3 Å². The van der Waals surface area contributed by atoms with Crippen LogP contribution in [0.5, 0.6) is 5.75 Å². The molecule has 1 rings (SSSR count). The van der Waals surface area contributed by atoms with Gasteiger partial charge >= 0.3 is 0 Å². The van der Waals surface area contributed by atoms with Crippen LogP contribution >= 0.6 is 0 Å². The largest absolute Gasteiger partial charge is 0.491 e. The number of likely N-dealkylation sites (N-methyl/N-ethyl adjacent to an activating group) is 1. The summed E-state index contributed by atoms with van der Waals surface area (Å²) in [5.41, 5.74) is 0.839. The summed E-state index contributed by atoms with van der Waals surface area (Å²) in [6, 6.07) is 7.56. The highest BCUT2D eigenvalue weighted by Gasteiger charge is 2.09. The van der Waals surface area contributed by atoms with Crippen molar-refractivity contribution >= 4 is 5.96 Å². The van der Waals surface area contributed by atoms with Gasteiger partial charge in [0.15, 0.2) is 5.96 Å². The van der Waals surface area contributed by atoms with Crippen LogP contribution < -0.4 is 15.4 Å². The maximum atomic E-state index is 10.4. The highest BCUT2D eigenvalue weighted by molar-refractivity contribution is 5.79. The third-order valence-corrected chi connectivity index (χ3v) is 4.11. The quantitative estimate of drug-likeness (QED) is 0.385. The molecule has 6 heteroatoms. The van der Waals surface area contributed by atoms with Crippen LogP contribution in [0.4, 0.5) is 0 Å². The van der Waals surface area contributed by atoms with Crippen molar-refractivity contribution in [1.29, 1.82) is 0 Å². The first kappa shape index (κ1) is 23.2. The summed E-state index contributed by atoms with van der Waals surface area (Å²) in [6.45, 7) is 15.5. The summed E-state index contributed by atoms with van der Waals surface area (Å²) < 4.78 is 5.64. The molecular formula is C21H38N4O2. The molecule has 6 nitrogen and oxygen atoms in total. The average molecular weight is 379 g/mol. The van der Waals surface area contributed by atoms with E-state index in [0.717, 1.165) is 56.4 Å². The molecule has 1 atom stereocenters. The Labute approximate surface area is 165 Å². The lowest BCUT2D eigenvalue weighted by Gasteiger charge is -2.20. The lowest BCUT2D eigenvalue weighted by molar-refractivity contribution is 0.186. The first-order chi connectivity index (χ1) is 13.0. The molecule has 0 heterocycles. The van der Waals surface area contributed by atoms with Crippen LogP contribution in [0.2, 0.25) is 0 Å². The number of nitrogens with one attached hydrogen (secondary N) is 2. The van der Waals surface area contributed by atoms with Gasteiger partial charge in [0.2, 0.25) is 0 Å². The Morgan fingerprint density at radius 1 is 1.11 bits per heavy atom. The zero-order valence-corrected chi connectivity index (χ0v) is 17.7. The van der Waals surface area contributed by atoms with Gasteiger partial charge in [0, 0.05) is 19.6 Å². The molecule has 0 saturated carbocycles. The minimum Gasteiger partial charge on any atom is -0.491 e. The Morgan fingerprint density at radius 3 is 2.37 bits per heavy atom. The van der Waals surface area contributed by atoms with E-state index in [4.69, 9.17) is 4.74 Å². The van der Waals surface area contributed by atoms with Gasteiger partial charge in [0.05, 0.1) is 18.8 Å². The Kier molecular flexibility index (Phi) is 11.5. The maximum absolute atomic E-state index is 10.4. The predicted molar refractivity (Wildman–Crippen MR) is 114 cm³/mol. The van der Waals surface area contributed by atoms with Crippen LogP contribution in [-0.2, 0) is 0 Å². The molecule has 154 valence electrons. The van der Waals surface area contributed by atoms with Crippen molar-refractivity contribution < 1.29 is 9.84 Å². The van der Waals surface area contributed by atoms with Crippen LogP contribution in [0, 0.1) is 0 Å². The summed E-state index contributed by atoms with van der Waals surface area (Å²) in [5.74, 6) is 1.55. The lowest BCUT2D eigenvalue weighted by Crippen LogP contribution is -2.42. The van der Waals surface area contributed by atoms with Gasteiger partial charge < -0.3 is 25.4 Å². The summed E-state index contributed by atoms with van der Waals surface area (Å²) in [7, 11) is 0. The molecular weight excluding hydrogens is 340 g/mol. The van der Waals surface area contributed by atoms with Gasteiger partial charge in [-0.05, 0) is 58.0 Å². The Balaban J connectivity index is 2.55. The van der Waals surface area contributed by atoms with Crippen molar-refractivity contribution in [2.45, 2.75) is 53.2 Å². The number of aliphatic imine (C=N–C) groups is 1. The van der Waals surface area contributed by atoms with Gasteiger partial charge in [-0.15, -0.1) is 0 Å². The molecule has 0 aliphatic heterocycles. The fourth-order valence-corrected chi connectivity index (χ4v) is 2.74. The smallest absolute Gasteiger partial charge is 0.191 e. The van der Waals surface area contributed by atoms with Gasteiger partial charge in [-0.3, -0.25) is 4.99 Å². The zero-order chi connectivity index (χ0) is 20.1. The lowest BCUT2D eigenvalue weighted by atomic mass is 10.1. The second-order valence-electron chi connectivity index (χ2n) is 6.83. The summed E-state index contributed by atoms with van der Waals surface area (Å²) in [5, 5.41) is 17.0. The fourth-order valence-electron chi connectivity index (χ4n) is 2.74. The van der Waals surface area contributed by atoms with Crippen molar-refractivity contribution in [2.24, 2.45) is 4.99 Å². The van der Waals surface area contributed by atoms with Gasteiger partial charge in [-0.2, -0.15) is 0 Å². The van der Waals surface area contributed by atoms with E-state index in [1.54, 1.807) is 0 Å². The van der Waals surface area contributed by atoms with Gasteiger partial charge in [0.1, 0.15) is 5.75 Å². The van der Waals surface area contributed by atoms with Crippen molar-refractivity contribution in [3.05, 3.63) is 29.8 Å². The van der Waals surface area contributed by atoms with Gasteiger partial charge in [-0.25, -0.2) is 0 Å². The molecule has 0 aromatic heterocycles. The number of ether oxygens (including phenoxy) is 1. The molecule has 1 aromatic carbocycles. The first-order valence-electron chi connectivity index (χ1n) is 10.2. The number of benzene rings is 1. The molecule has 27 heavy (non-hydrogen) atoms. The topological polar surface area (TPSA) is 69.1 Å². The number of hydrogen-bond acceptors (Lipinski definition) is 4. The molecule has 3 N–H and O–H groups in total. The highest BCUT2D eigenvalue weighted by atomic mass is 16.5. The van der Waals surface area contributed by atoms with Crippen molar-refractivity contribution in [3.63, 3.8) is 0 Å². The van der Waals surface area contributed by atoms with Crippen molar-refractivity contribution in [2.75, 3.05) is 39.3 Å². The van der Waals surface area contributed by atoms with E-state index in [-0.39, 0.29) is 6.10 Å². The van der Waals surface area contributed by atoms with Crippen molar-refractivity contribution in [3.8, 4) is 5.75 Å².